The topological polar surface area (TPSA) is 57.1 Å². The molecule has 27 heavy (non-hydrogen) atoms. The minimum absolute atomic E-state index is 0.183. The smallest absolute Gasteiger partial charge is 0.363 e. The Kier molecular flexibility index (Phi) is 5.62. The van der Waals surface area contributed by atoms with E-state index in [2.05, 4.69) is 11.6 Å². The highest BCUT2D eigenvalue weighted by Gasteiger charge is 2.25. The number of cyclic esters (lactones) is 1. The van der Waals surface area contributed by atoms with Crippen LogP contribution in [-0.2, 0) is 9.53 Å². The Bertz CT molecular complexity index is 962. The second-order valence-corrected chi connectivity index (χ2v) is 6.38. The molecular formula is C21H18ClNO4. The lowest BCUT2D eigenvalue weighted by molar-refractivity contribution is -0.129. The fourth-order valence-corrected chi connectivity index (χ4v) is 2.63. The minimum atomic E-state index is -0.536. The number of carbonyl (C=O) groups excluding carboxylic acids is 1. The lowest BCUT2D eigenvalue weighted by Crippen LogP contribution is -2.05. The number of methoxy groups -OCH3 is 1. The maximum atomic E-state index is 12.2. The van der Waals surface area contributed by atoms with Crippen molar-refractivity contribution in [2.24, 2.45) is 4.99 Å². The van der Waals surface area contributed by atoms with E-state index < -0.39 is 5.97 Å². The van der Waals surface area contributed by atoms with Gasteiger partial charge >= 0.3 is 5.97 Å². The lowest BCUT2D eigenvalue weighted by Gasteiger charge is -2.11. The van der Waals surface area contributed by atoms with E-state index in [-0.39, 0.29) is 11.6 Å². The van der Waals surface area contributed by atoms with Gasteiger partial charge in [0.15, 0.2) is 17.2 Å². The Hall–Kier alpha value is -3.05. The Morgan fingerprint density at radius 3 is 2.74 bits per heavy atom. The van der Waals surface area contributed by atoms with Crippen molar-refractivity contribution < 1.29 is 19.0 Å². The summed E-state index contributed by atoms with van der Waals surface area (Å²) >= 11 is 6.14. The molecule has 6 heteroatoms. The van der Waals surface area contributed by atoms with Crippen LogP contribution in [0.25, 0.3) is 6.08 Å². The highest BCUT2D eigenvalue weighted by molar-refractivity contribution is 6.34. The molecule has 2 aromatic carbocycles. The molecule has 0 unspecified atom stereocenters. The summed E-state index contributed by atoms with van der Waals surface area (Å²) in [5, 5.41) is 0.464. The quantitative estimate of drug-likeness (QED) is 0.414. The highest BCUT2D eigenvalue weighted by Crippen LogP contribution is 2.30. The molecule has 5 nitrogen and oxygen atoms in total. The second kappa shape index (κ2) is 8.10. The van der Waals surface area contributed by atoms with Gasteiger partial charge in [0.1, 0.15) is 6.61 Å². The van der Waals surface area contributed by atoms with E-state index in [0.717, 1.165) is 11.1 Å². The van der Waals surface area contributed by atoms with Gasteiger partial charge in [-0.05, 0) is 48.4 Å². The monoisotopic (exact) mass is 383 g/mol. The molecule has 0 fully saturated rings. The third-order valence-corrected chi connectivity index (χ3v) is 4.02. The van der Waals surface area contributed by atoms with Gasteiger partial charge in [-0.25, -0.2) is 9.79 Å². The molecule has 0 aromatic heterocycles. The molecule has 0 bridgehead atoms. The standard InChI is InChI=1S/C21H18ClNO4/c1-13(2)12-26-18-9-8-14(11-19(18)25-3)10-17-21(24)27-20(23-17)15-6-4-5-7-16(15)22/h4-11H,1,12H2,2-3H3/b17-10-. The molecule has 0 N–H and O–H groups in total. The molecule has 0 radical (unpaired) electrons. The van der Waals surface area contributed by atoms with Crippen LogP contribution in [0, 0.1) is 0 Å². The molecule has 3 rings (SSSR count). The van der Waals surface area contributed by atoms with Crippen LogP contribution < -0.4 is 9.47 Å². The fraction of sp³-hybridized carbons (Fsp3) is 0.143. The first-order valence-corrected chi connectivity index (χ1v) is 8.58. The van der Waals surface area contributed by atoms with Crippen LogP contribution >= 0.6 is 11.6 Å². The number of hydrogen-bond acceptors (Lipinski definition) is 5. The summed E-state index contributed by atoms with van der Waals surface area (Å²) in [4.78, 5) is 16.4. The van der Waals surface area contributed by atoms with Gasteiger partial charge in [-0.15, -0.1) is 0 Å². The predicted molar refractivity (Wildman–Crippen MR) is 105 cm³/mol. The van der Waals surface area contributed by atoms with Gasteiger partial charge in [0, 0.05) is 0 Å². The lowest BCUT2D eigenvalue weighted by atomic mass is 10.1. The first kappa shape index (κ1) is 18.7. The van der Waals surface area contributed by atoms with E-state index >= 15 is 0 Å². The normalized spacial score (nSPS) is 14.7. The number of ether oxygens (including phenoxy) is 3. The number of esters is 1. The minimum Gasteiger partial charge on any atom is -0.493 e. The van der Waals surface area contributed by atoms with Gasteiger partial charge in [0.25, 0.3) is 0 Å². The van der Waals surface area contributed by atoms with Crippen molar-refractivity contribution in [1.29, 1.82) is 0 Å². The van der Waals surface area contributed by atoms with Gasteiger partial charge in [0.2, 0.25) is 5.90 Å². The maximum absolute atomic E-state index is 12.2. The van der Waals surface area contributed by atoms with Gasteiger partial charge in [-0.3, -0.25) is 0 Å². The molecule has 1 aliphatic rings. The molecular weight excluding hydrogens is 366 g/mol. The Morgan fingerprint density at radius 1 is 1.26 bits per heavy atom. The van der Waals surface area contributed by atoms with Crippen LogP contribution in [0.2, 0.25) is 5.02 Å². The molecule has 1 heterocycles. The van der Waals surface area contributed by atoms with Crippen molar-refractivity contribution in [3.63, 3.8) is 0 Å². The van der Waals surface area contributed by atoms with E-state index in [1.165, 1.54) is 0 Å². The molecule has 138 valence electrons. The van der Waals surface area contributed by atoms with Crippen LogP contribution in [0.1, 0.15) is 18.1 Å². The number of hydrogen-bond donors (Lipinski definition) is 0. The van der Waals surface area contributed by atoms with E-state index in [1.807, 2.05) is 6.92 Å². The molecule has 0 aliphatic carbocycles. The average Bonchev–Trinajstić information content (AvgIpc) is 3.01. The van der Waals surface area contributed by atoms with Crippen LogP contribution in [0.3, 0.4) is 0 Å². The first-order chi connectivity index (χ1) is 13.0. The number of rotatable bonds is 6. The van der Waals surface area contributed by atoms with E-state index in [1.54, 1.807) is 55.7 Å². The van der Waals surface area contributed by atoms with Gasteiger partial charge in [0.05, 0.1) is 17.7 Å². The van der Waals surface area contributed by atoms with Crippen LogP contribution in [0.4, 0.5) is 0 Å². The number of halogens is 1. The maximum Gasteiger partial charge on any atom is 0.363 e. The summed E-state index contributed by atoms with van der Waals surface area (Å²) in [7, 11) is 1.55. The van der Waals surface area contributed by atoms with Crippen LogP contribution in [0.15, 0.2) is 65.3 Å². The molecule has 0 saturated carbocycles. The van der Waals surface area contributed by atoms with Crippen molar-refractivity contribution in [3.05, 3.63) is 76.5 Å². The summed E-state index contributed by atoms with van der Waals surface area (Å²) in [5.74, 6) is 0.792. The van der Waals surface area contributed by atoms with Crippen molar-refractivity contribution in [3.8, 4) is 11.5 Å². The summed E-state index contributed by atoms with van der Waals surface area (Å²) in [6, 6.07) is 12.4. The molecule has 1 aliphatic heterocycles. The average molecular weight is 384 g/mol. The largest absolute Gasteiger partial charge is 0.493 e. The summed E-state index contributed by atoms with van der Waals surface area (Å²) in [6.45, 7) is 6.09. The van der Waals surface area contributed by atoms with Gasteiger partial charge in [-0.1, -0.05) is 36.4 Å². The Morgan fingerprint density at radius 2 is 2.04 bits per heavy atom. The number of benzene rings is 2. The Balaban J connectivity index is 1.88. The van der Waals surface area contributed by atoms with Gasteiger partial charge in [-0.2, -0.15) is 0 Å². The zero-order valence-corrected chi connectivity index (χ0v) is 15.7. The second-order valence-electron chi connectivity index (χ2n) is 5.97. The van der Waals surface area contributed by atoms with Gasteiger partial charge < -0.3 is 14.2 Å². The van der Waals surface area contributed by atoms with Crippen molar-refractivity contribution in [1.82, 2.24) is 0 Å². The molecule has 2 aromatic rings. The zero-order chi connectivity index (χ0) is 19.4. The number of carbonyl (C=O) groups is 1. The number of nitrogens with zero attached hydrogens (tertiary/aromatic N) is 1. The van der Waals surface area contributed by atoms with E-state index in [4.69, 9.17) is 25.8 Å². The Labute approximate surface area is 162 Å². The summed E-state index contributed by atoms with van der Waals surface area (Å²) in [5.41, 5.74) is 2.38. The van der Waals surface area contributed by atoms with Crippen LogP contribution in [0.5, 0.6) is 11.5 Å². The summed E-state index contributed by atoms with van der Waals surface area (Å²) < 4.78 is 16.3. The van der Waals surface area contributed by atoms with Crippen molar-refractivity contribution in [2.75, 3.05) is 13.7 Å². The highest BCUT2D eigenvalue weighted by atomic mass is 35.5. The molecule has 0 spiro atoms. The fourth-order valence-electron chi connectivity index (χ4n) is 2.41. The molecule has 0 saturated heterocycles. The van der Waals surface area contributed by atoms with Crippen LogP contribution in [-0.4, -0.2) is 25.6 Å². The molecule has 0 amide bonds. The third kappa shape index (κ3) is 4.38. The zero-order valence-electron chi connectivity index (χ0n) is 15.0. The van der Waals surface area contributed by atoms with Crippen molar-refractivity contribution >= 4 is 29.5 Å². The van der Waals surface area contributed by atoms with Crippen molar-refractivity contribution in [2.45, 2.75) is 6.92 Å². The third-order valence-electron chi connectivity index (χ3n) is 3.69. The summed E-state index contributed by atoms with van der Waals surface area (Å²) in [6.07, 6.45) is 1.62. The molecule has 0 atom stereocenters. The van der Waals surface area contributed by atoms with E-state index in [9.17, 15) is 4.79 Å². The number of aliphatic imine (C=N–C) groups is 1. The van der Waals surface area contributed by atoms with E-state index in [0.29, 0.717) is 28.7 Å². The SMILES string of the molecule is C=C(C)COc1ccc(/C=C2\N=C(c3ccccc3Cl)OC2=O)cc1OC. The first-order valence-electron chi connectivity index (χ1n) is 8.20. The predicted octanol–water partition coefficient (Wildman–Crippen LogP) is 4.65.